The van der Waals surface area contributed by atoms with E-state index in [-0.39, 0.29) is 69.7 Å². The molecule has 47 heavy (non-hydrogen) atoms. The molecule has 6 rings (SSSR count). The van der Waals surface area contributed by atoms with Gasteiger partial charge in [-0.15, -0.1) is 0 Å². The van der Waals surface area contributed by atoms with Crippen LogP contribution in [0.15, 0.2) is 48.8 Å². The van der Waals surface area contributed by atoms with Crippen LogP contribution in [0, 0.1) is 18.6 Å². The molecule has 0 radical (unpaired) electrons. The average molecular weight is 661 g/mol. The molecular formula is C34H41F5N6O2. The summed E-state index contributed by atoms with van der Waals surface area (Å²) in [5.74, 6) is -6.45. The number of hydrogen-bond acceptors (Lipinski definition) is 6. The van der Waals surface area contributed by atoms with Crippen molar-refractivity contribution in [2.24, 2.45) is 0 Å². The predicted molar refractivity (Wildman–Crippen MR) is 169 cm³/mol. The van der Waals surface area contributed by atoms with Crippen LogP contribution in [0.3, 0.4) is 0 Å². The first-order chi connectivity index (χ1) is 22.5. The number of benzene rings is 2. The highest BCUT2D eigenvalue weighted by atomic mass is 19.3. The van der Waals surface area contributed by atoms with E-state index >= 15 is 8.78 Å². The number of β-amino-alcohol motifs (C(OH)–C–C–N with tert-alkyl or cyclic N) is 1. The van der Waals surface area contributed by atoms with Crippen molar-refractivity contribution in [2.75, 3.05) is 62.6 Å². The van der Waals surface area contributed by atoms with Crippen molar-refractivity contribution >= 4 is 17.5 Å². The lowest BCUT2D eigenvalue weighted by Gasteiger charge is -2.36. The Morgan fingerprint density at radius 2 is 1.79 bits per heavy atom. The fourth-order valence-electron chi connectivity index (χ4n) is 7.26. The van der Waals surface area contributed by atoms with Gasteiger partial charge in [0.05, 0.1) is 13.2 Å². The number of aromatic nitrogens is 2. The number of piperidine rings is 2. The van der Waals surface area contributed by atoms with Gasteiger partial charge in [0.15, 0.2) is 0 Å². The van der Waals surface area contributed by atoms with E-state index in [9.17, 15) is 23.1 Å². The molecule has 3 aliphatic rings. The van der Waals surface area contributed by atoms with Crippen molar-refractivity contribution in [1.82, 2.24) is 19.4 Å². The van der Waals surface area contributed by atoms with Crippen LogP contribution in [0.1, 0.15) is 48.3 Å². The Bertz CT molecular complexity index is 1570. The predicted octanol–water partition coefficient (Wildman–Crippen LogP) is 4.96. The van der Waals surface area contributed by atoms with Gasteiger partial charge < -0.3 is 19.5 Å². The molecular weight excluding hydrogens is 619 g/mol. The van der Waals surface area contributed by atoms with Gasteiger partial charge in [-0.25, -0.2) is 26.9 Å². The highest BCUT2D eigenvalue weighted by Gasteiger charge is 2.56. The second-order valence-electron chi connectivity index (χ2n) is 13.1. The summed E-state index contributed by atoms with van der Waals surface area (Å²) in [5, 5.41) is 12.0. The molecule has 2 N–H and O–H groups in total. The maximum Gasteiger partial charge on any atom is 0.266 e. The Balaban J connectivity index is 1.23. The van der Waals surface area contributed by atoms with Gasteiger partial charge in [0.2, 0.25) is 11.6 Å². The molecule has 0 spiro atoms. The lowest BCUT2D eigenvalue weighted by molar-refractivity contribution is -0.127. The normalized spacial score (nSPS) is 24.1. The van der Waals surface area contributed by atoms with E-state index in [1.54, 1.807) is 10.8 Å². The fourth-order valence-corrected chi connectivity index (χ4v) is 7.26. The monoisotopic (exact) mass is 660 g/mol. The second-order valence-corrected chi connectivity index (χ2v) is 13.1. The van der Waals surface area contributed by atoms with Gasteiger partial charge >= 0.3 is 0 Å². The summed E-state index contributed by atoms with van der Waals surface area (Å²) in [5.41, 5.74) is 0.00516. The summed E-state index contributed by atoms with van der Waals surface area (Å²) in [6.45, 7) is 4.41. The summed E-state index contributed by atoms with van der Waals surface area (Å²) in [6.07, 6.45) is 4.06. The number of alkyl halides is 3. The number of carbonyl (C=O) groups is 1. The third-order valence-electron chi connectivity index (χ3n) is 9.97. The molecule has 0 saturated carbocycles. The van der Waals surface area contributed by atoms with Gasteiger partial charge in [-0.1, -0.05) is 18.2 Å². The van der Waals surface area contributed by atoms with Crippen molar-refractivity contribution in [1.29, 1.82) is 0 Å². The molecule has 3 aliphatic heterocycles. The van der Waals surface area contributed by atoms with Crippen LogP contribution in [-0.4, -0.2) is 100 Å². The number of aliphatic hydroxyl groups excluding tert-OH is 1. The number of nitrogens with zero attached hydrogens (tertiary/aromatic N) is 5. The van der Waals surface area contributed by atoms with Crippen molar-refractivity contribution in [3.8, 4) is 0 Å². The van der Waals surface area contributed by atoms with Crippen LogP contribution < -0.4 is 10.2 Å². The van der Waals surface area contributed by atoms with Gasteiger partial charge in [-0.3, -0.25) is 15.0 Å². The van der Waals surface area contributed by atoms with E-state index in [1.165, 1.54) is 12.3 Å². The van der Waals surface area contributed by atoms with E-state index in [1.807, 2.05) is 34.9 Å². The zero-order valence-electron chi connectivity index (χ0n) is 26.4. The van der Waals surface area contributed by atoms with E-state index in [4.69, 9.17) is 0 Å². The lowest BCUT2D eigenvalue weighted by atomic mass is 9.85. The fraction of sp³-hybridized carbons (Fsp3) is 0.529. The Labute approximate surface area is 271 Å². The maximum absolute atomic E-state index is 17.2. The molecule has 8 nitrogen and oxygen atoms in total. The number of halogens is 5. The van der Waals surface area contributed by atoms with Crippen LogP contribution in [0.5, 0.6) is 0 Å². The lowest BCUT2D eigenvalue weighted by Crippen LogP contribution is -2.48. The largest absolute Gasteiger partial charge is 0.395 e. The minimum absolute atomic E-state index is 0.0435. The maximum atomic E-state index is 17.2. The molecule has 3 saturated heterocycles. The number of aryl methyl sites for hydroxylation is 1. The summed E-state index contributed by atoms with van der Waals surface area (Å²) in [7, 11) is 0. The summed E-state index contributed by atoms with van der Waals surface area (Å²) < 4.78 is 75.7. The van der Waals surface area contributed by atoms with Crippen molar-refractivity contribution < 1.29 is 31.9 Å². The molecule has 1 amide bonds. The third kappa shape index (κ3) is 7.17. The summed E-state index contributed by atoms with van der Waals surface area (Å²) in [4.78, 5) is 24.1. The standard InChI is InChI=1S/C34H41F5N6O2/c1-23-2-3-24(30(18-23)43-13-8-33(37,38)9-14-43)20-44-15-10-40-32(44)41-31(47)34(39)22-45(26-6-11-42(12-7-26)16-17-46)21-28(34)27-5-4-25(35)19-29(27)36/h2-5,10,15,18-19,26,28,46H,6-9,11-14,16-17,20-22H2,1H3,(H,40,41,47)/t28-,34-/m0/s1. The molecule has 254 valence electrons. The Hall–Kier alpha value is -3.55. The van der Waals surface area contributed by atoms with Crippen LogP contribution in [0.25, 0.3) is 0 Å². The molecule has 0 unspecified atom stereocenters. The van der Waals surface area contributed by atoms with E-state index in [0.717, 1.165) is 22.9 Å². The Kier molecular flexibility index (Phi) is 9.59. The van der Waals surface area contributed by atoms with Crippen molar-refractivity contribution in [3.63, 3.8) is 0 Å². The molecule has 4 heterocycles. The van der Waals surface area contributed by atoms with Gasteiger partial charge in [0.25, 0.3) is 11.8 Å². The molecule has 2 atom stereocenters. The number of nitrogens with one attached hydrogen (secondary N) is 1. The van der Waals surface area contributed by atoms with Crippen molar-refractivity contribution in [2.45, 2.75) is 62.7 Å². The third-order valence-corrected chi connectivity index (χ3v) is 9.97. The highest BCUT2D eigenvalue weighted by molar-refractivity contribution is 5.97. The van der Waals surface area contributed by atoms with E-state index in [2.05, 4.69) is 15.2 Å². The first-order valence-corrected chi connectivity index (χ1v) is 16.2. The number of hydrogen-bond donors (Lipinski definition) is 2. The SMILES string of the molecule is Cc1ccc(Cn2ccnc2NC(=O)[C@]2(F)CN(C3CCN(CCO)CC3)C[C@H]2c2ccc(F)cc2F)c(N2CCC(F)(F)CC2)c1. The quantitative estimate of drug-likeness (QED) is 0.317. The van der Waals surface area contributed by atoms with Gasteiger partial charge in [0, 0.05) is 81.7 Å². The number of imidazole rings is 1. The topological polar surface area (TPSA) is 76.9 Å². The first-order valence-electron chi connectivity index (χ1n) is 16.2. The molecule has 3 fully saturated rings. The Morgan fingerprint density at radius 1 is 1.04 bits per heavy atom. The van der Waals surface area contributed by atoms with Crippen LogP contribution in [-0.2, 0) is 11.3 Å². The first kappa shape index (κ1) is 33.4. The van der Waals surface area contributed by atoms with Crippen LogP contribution in [0.4, 0.5) is 33.6 Å². The highest BCUT2D eigenvalue weighted by Crippen LogP contribution is 2.43. The zero-order chi connectivity index (χ0) is 33.3. The molecule has 0 aliphatic carbocycles. The van der Waals surface area contributed by atoms with Gasteiger partial charge in [-0.05, 0) is 61.7 Å². The average Bonchev–Trinajstić information content (AvgIpc) is 3.63. The van der Waals surface area contributed by atoms with Gasteiger partial charge in [0.1, 0.15) is 11.6 Å². The number of carbonyl (C=O) groups excluding carboxylic acids is 1. The number of aliphatic hydroxyl groups is 1. The summed E-state index contributed by atoms with van der Waals surface area (Å²) >= 11 is 0. The second kappa shape index (κ2) is 13.5. The number of likely N-dealkylation sites (tertiary alicyclic amines) is 2. The molecule has 2 aromatic carbocycles. The molecule has 1 aromatic heterocycles. The molecule has 3 aromatic rings. The zero-order valence-corrected chi connectivity index (χ0v) is 26.4. The Morgan fingerprint density at radius 3 is 2.49 bits per heavy atom. The number of anilines is 2. The number of rotatable bonds is 9. The minimum atomic E-state index is -2.69. The van der Waals surface area contributed by atoms with Crippen LogP contribution in [0.2, 0.25) is 0 Å². The van der Waals surface area contributed by atoms with E-state index in [0.29, 0.717) is 38.5 Å². The van der Waals surface area contributed by atoms with Crippen molar-refractivity contribution in [3.05, 3.63) is 77.1 Å². The van der Waals surface area contributed by atoms with Crippen LogP contribution >= 0.6 is 0 Å². The molecule has 0 bridgehead atoms. The smallest absolute Gasteiger partial charge is 0.266 e. The number of amides is 1. The van der Waals surface area contributed by atoms with E-state index < -0.39 is 35.1 Å². The van der Waals surface area contributed by atoms with Gasteiger partial charge in [-0.2, -0.15) is 0 Å². The molecule has 13 heteroatoms. The summed E-state index contributed by atoms with van der Waals surface area (Å²) in [6, 6.07) is 8.73. The minimum Gasteiger partial charge on any atom is -0.395 e.